The predicted octanol–water partition coefficient (Wildman–Crippen LogP) is 4.22. The van der Waals surface area contributed by atoms with Crippen LogP contribution in [0.1, 0.15) is 5.56 Å². The Labute approximate surface area is 112 Å². The van der Waals surface area contributed by atoms with E-state index in [4.69, 9.17) is 4.74 Å². The van der Waals surface area contributed by atoms with Crippen molar-refractivity contribution in [1.82, 2.24) is 4.98 Å². The van der Waals surface area contributed by atoms with Gasteiger partial charge >= 0.3 is 0 Å². The number of methoxy groups -OCH3 is 1. The molecule has 0 radical (unpaired) electrons. The van der Waals surface area contributed by atoms with Crippen LogP contribution in [0.4, 0.5) is 0 Å². The Kier molecular flexibility index (Phi) is 2.92. The molecule has 2 heteroatoms. The second kappa shape index (κ2) is 4.73. The van der Waals surface area contributed by atoms with Gasteiger partial charge in [-0.25, -0.2) is 0 Å². The van der Waals surface area contributed by atoms with Crippen LogP contribution < -0.4 is 4.74 Å². The van der Waals surface area contributed by atoms with Gasteiger partial charge in [0.2, 0.25) is 0 Å². The van der Waals surface area contributed by atoms with Crippen LogP contribution in [0.2, 0.25) is 0 Å². The molecule has 3 aromatic rings. The van der Waals surface area contributed by atoms with Gasteiger partial charge in [0.15, 0.2) is 0 Å². The van der Waals surface area contributed by atoms with Crippen molar-refractivity contribution in [3.63, 3.8) is 0 Å². The molecule has 1 aromatic heterocycles. The minimum Gasteiger partial charge on any atom is -0.497 e. The van der Waals surface area contributed by atoms with Crippen molar-refractivity contribution >= 4 is 10.9 Å². The van der Waals surface area contributed by atoms with E-state index in [1.165, 1.54) is 22.1 Å². The van der Waals surface area contributed by atoms with Crippen LogP contribution in [0.25, 0.3) is 22.0 Å². The summed E-state index contributed by atoms with van der Waals surface area (Å²) in [5.41, 5.74) is 4.65. The second-order valence-corrected chi connectivity index (χ2v) is 4.56. The third-order valence-corrected chi connectivity index (χ3v) is 3.34. The van der Waals surface area contributed by atoms with Gasteiger partial charge in [-0.2, -0.15) is 0 Å². The van der Waals surface area contributed by atoms with E-state index >= 15 is 0 Å². The van der Waals surface area contributed by atoms with Crippen LogP contribution in [0.5, 0.6) is 5.75 Å². The first kappa shape index (κ1) is 11.7. The summed E-state index contributed by atoms with van der Waals surface area (Å²) in [4.78, 5) is 4.48. The number of para-hydroxylation sites is 1. The standard InChI is InChI=1S/C17H15NO/c1-12-11-18-16-6-4-3-5-15(16)17(12)13-7-9-14(19-2)10-8-13/h3-11H,1-2H3. The molecule has 3 rings (SSSR count). The molecule has 1 heterocycles. The van der Waals surface area contributed by atoms with E-state index in [-0.39, 0.29) is 0 Å². The van der Waals surface area contributed by atoms with E-state index in [1.807, 2.05) is 30.5 Å². The maximum absolute atomic E-state index is 5.21. The zero-order chi connectivity index (χ0) is 13.2. The summed E-state index contributed by atoms with van der Waals surface area (Å²) in [7, 11) is 1.68. The molecular weight excluding hydrogens is 234 g/mol. The normalized spacial score (nSPS) is 10.6. The molecule has 0 bridgehead atoms. The third kappa shape index (κ3) is 2.06. The second-order valence-electron chi connectivity index (χ2n) is 4.56. The topological polar surface area (TPSA) is 22.1 Å². The van der Waals surface area contributed by atoms with Gasteiger partial charge in [-0.1, -0.05) is 30.3 Å². The minimum absolute atomic E-state index is 0.875. The average Bonchev–Trinajstić information content (AvgIpc) is 2.47. The molecule has 0 saturated carbocycles. The minimum atomic E-state index is 0.875. The average molecular weight is 249 g/mol. The van der Waals surface area contributed by atoms with E-state index in [2.05, 4.69) is 36.2 Å². The number of ether oxygens (including phenoxy) is 1. The number of benzene rings is 2. The number of fused-ring (bicyclic) bond motifs is 1. The van der Waals surface area contributed by atoms with Crippen LogP contribution in [-0.2, 0) is 0 Å². The van der Waals surface area contributed by atoms with E-state index in [0.29, 0.717) is 0 Å². The number of nitrogens with zero attached hydrogens (tertiary/aromatic N) is 1. The molecule has 0 aliphatic carbocycles. The fourth-order valence-corrected chi connectivity index (χ4v) is 2.38. The number of aromatic nitrogens is 1. The van der Waals surface area contributed by atoms with Crippen molar-refractivity contribution in [2.75, 3.05) is 7.11 Å². The summed E-state index contributed by atoms with van der Waals surface area (Å²) in [6, 6.07) is 16.4. The molecule has 2 aromatic carbocycles. The van der Waals surface area contributed by atoms with E-state index in [1.54, 1.807) is 7.11 Å². The first-order valence-corrected chi connectivity index (χ1v) is 6.28. The van der Waals surface area contributed by atoms with Crippen molar-refractivity contribution in [3.8, 4) is 16.9 Å². The highest BCUT2D eigenvalue weighted by Gasteiger charge is 2.08. The van der Waals surface area contributed by atoms with Gasteiger partial charge in [0.1, 0.15) is 5.75 Å². The van der Waals surface area contributed by atoms with Crippen LogP contribution in [-0.4, -0.2) is 12.1 Å². The lowest BCUT2D eigenvalue weighted by Crippen LogP contribution is -1.89. The van der Waals surface area contributed by atoms with Gasteiger partial charge in [0, 0.05) is 11.6 Å². The predicted molar refractivity (Wildman–Crippen MR) is 78.5 cm³/mol. The summed E-state index contributed by atoms with van der Waals surface area (Å²) in [6.45, 7) is 2.10. The summed E-state index contributed by atoms with van der Waals surface area (Å²) >= 11 is 0. The highest BCUT2D eigenvalue weighted by molar-refractivity contribution is 5.95. The Morgan fingerprint density at radius 2 is 1.68 bits per heavy atom. The molecule has 19 heavy (non-hydrogen) atoms. The lowest BCUT2D eigenvalue weighted by atomic mass is 9.97. The fourth-order valence-electron chi connectivity index (χ4n) is 2.38. The van der Waals surface area contributed by atoms with Crippen LogP contribution in [0.15, 0.2) is 54.7 Å². The largest absolute Gasteiger partial charge is 0.497 e. The Morgan fingerprint density at radius 3 is 2.42 bits per heavy atom. The molecule has 94 valence electrons. The third-order valence-electron chi connectivity index (χ3n) is 3.34. The van der Waals surface area contributed by atoms with Crippen LogP contribution >= 0.6 is 0 Å². The van der Waals surface area contributed by atoms with Gasteiger partial charge in [0.25, 0.3) is 0 Å². The van der Waals surface area contributed by atoms with Gasteiger partial charge in [-0.05, 0) is 41.8 Å². The van der Waals surface area contributed by atoms with Crippen molar-refractivity contribution in [2.45, 2.75) is 6.92 Å². The smallest absolute Gasteiger partial charge is 0.118 e. The zero-order valence-electron chi connectivity index (χ0n) is 11.1. The number of hydrogen-bond acceptors (Lipinski definition) is 2. The van der Waals surface area contributed by atoms with Gasteiger partial charge in [-0.3, -0.25) is 4.98 Å². The maximum Gasteiger partial charge on any atom is 0.118 e. The molecule has 0 amide bonds. The molecule has 0 aliphatic heterocycles. The SMILES string of the molecule is COc1ccc(-c2c(C)cnc3ccccc23)cc1. The highest BCUT2D eigenvalue weighted by Crippen LogP contribution is 2.31. The molecule has 0 unspecified atom stereocenters. The Balaban J connectivity index is 2.25. The zero-order valence-corrected chi connectivity index (χ0v) is 11.1. The fraction of sp³-hybridized carbons (Fsp3) is 0.118. The van der Waals surface area contributed by atoms with E-state index < -0.39 is 0 Å². The van der Waals surface area contributed by atoms with Crippen LogP contribution in [0, 0.1) is 6.92 Å². The first-order chi connectivity index (χ1) is 9.29. The molecule has 0 N–H and O–H groups in total. The van der Waals surface area contributed by atoms with Crippen molar-refractivity contribution < 1.29 is 4.74 Å². The number of hydrogen-bond donors (Lipinski definition) is 0. The summed E-state index contributed by atoms with van der Waals surface area (Å²) in [5, 5.41) is 1.19. The summed E-state index contributed by atoms with van der Waals surface area (Å²) < 4.78 is 5.21. The molecule has 0 aliphatic rings. The molecule has 0 spiro atoms. The monoisotopic (exact) mass is 249 g/mol. The molecule has 2 nitrogen and oxygen atoms in total. The Bertz CT molecular complexity index is 717. The van der Waals surface area contributed by atoms with E-state index in [9.17, 15) is 0 Å². The molecular formula is C17H15NO. The number of rotatable bonds is 2. The van der Waals surface area contributed by atoms with Crippen LogP contribution in [0.3, 0.4) is 0 Å². The first-order valence-electron chi connectivity index (χ1n) is 6.28. The summed E-state index contributed by atoms with van der Waals surface area (Å²) in [5.74, 6) is 0.875. The lowest BCUT2D eigenvalue weighted by molar-refractivity contribution is 0.415. The molecule has 0 atom stereocenters. The molecule has 0 saturated heterocycles. The highest BCUT2D eigenvalue weighted by atomic mass is 16.5. The van der Waals surface area contributed by atoms with Crippen molar-refractivity contribution in [3.05, 3.63) is 60.3 Å². The Morgan fingerprint density at radius 1 is 0.947 bits per heavy atom. The van der Waals surface area contributed by atoms with Gasteiger partial charge in [-0.15, -0.1) is 0 Å². The van der Waals surface area contributed by atoms with Gasteiger partial charge < -0.3 is 4.74 Å². The van der Waals surface area contributed by atoms with Gasteiger partial charge in [0.05, 0.1) is 12.6 Å². The van der Waals surface area contributed by atoms with E-state index in [0.717, 1.165) is 11.3 Å². The maximum atomic E-state index is 5.21. The number of aryl methyl sites for hydroxylation is 1. The quantitative estimate of drug-likeness (QED) is 0.678. The summed E-state index contributed by atoms with van der Waals surface area (Å²) in [6.07, 6.45) is 1.93. The molecule has 0 fully saturated rings. The Hall–Kier alpha value is -2.35. The number of pyridine rings is 1. The van der Waals surface area contributed by atoms with Crippen molar-refractivity contribution in [1.29, 1.82) is 0 Å². The lowest BCUT2D eigenvalue weighted by Gasteiger charge is -2.10. The van der Waals surface area contributed by atoms with Crippen molar-refractivity contribution in [2.24, 2.45) is 0 Å².